The molecule has 1 aromatic rings. The van der Waals surface area contributed by atoms with Crippen molar-refractivity contribution in [3.05, 3.63) is 24.4 Å². The van der Waals surface area contributed by atoms with Crippen molar-refractivity contribution in [2.24, 2.45) is 0 Å². The number of aromatic nitrogens is 1. The Bertz CT molecular complexity index is 433. The highest BCUT2D eigenvalue weighted by Crippen LogP contribution is 2.05. The van der Waals surface area contributed by atoms with Crippen LogP contribution < -0.4 is 10.0 Å². The Morgan fingerprint density at radius 2 is 2.20 bits per heavy atom. The molecule has 6 heteroatoms. The molecule has 0 bridgehead atoms. The Hall–Kier alpha value is -0.510. The minimum Gasteiger partial charge on any atom is -0.285 e. The maximum absolute atomic E-state index is 10.8. The third kappa shape index (κ3) is 3.86. The van der Waals surface area contributed by atoms with Crippen molar-refractivity contribution in [1.29, 1.82) is 0 Å². The van der Waals surface area contributed by atoms with Gasteiger partial charge >= 0.3 is 0 Å². The first-order valence-electron chi connectivity index (χ1n) is 4.65. The summed E-state index contributed by atoms with van der Waals surface area (Å²) in [5.74, 6) is -0.250. The molecule has 15 heavy (non-hydrogen) atoms. The second-order valence-corrected chi connectivity index (χ2v) is 5.43. The van der Waals surface area contributed by atoms with Gasteiger partial charge in [-0.1, -0.05) is 6.92 Å². The number of pyridine rings is 1. The molecule has 1 heterocycles. The molecule has 0 aliphatic heterocycles. The van der Waals surface area contributed by atoms with Crippen molar-refractivity contribution in [3.8, 4) is 0 Å². The van der Waals surface area contributed by atoms with Gasteiger partial charge in [-0.15, -0.1) is 0 Å². The summed E-state index contributed by atoms with van der Waals surface area (Å²) in [4.78, 5) is 0. The molecule has 0 aliphatic rings. The van der Waals surface area contributed by atoms with Crippen molar-refractivity contribution in [2.45, 2.75) is 19.4 Å². The van der Waals surface area contributed by atoms with E-state index in [-0.39, 0.29) is 11.8 Å². The average Bonchev–Trinajstić information content (AvgIpc) is 2.14. The Morgan fingerprint density at radius 3 is 2.67 bits per heavy atom. The summed E-state index contributed by atoms with van der Waals surface area (Å²) in [5, 5.41) is 0. The predicted molar refractivity (Wildman–Crippen MR) is 61.7 cm³/mol. The molecule has 0 spiro atoms. The van der Waals surface area contributed by atoms with Crippen LogP contribution in [-0.4, -0.2) is 18.7 Å². The molecular weight excluding hydrogens is 233 g/mol. The van der Waals surface area contributed by atoms with E-state index < -0.39 is 10.1 Å². The summed E-state index contributed by atoms with van der Waals surface area (Å²) in [5.41, 5.74) is 0.896. The largest absolute Gasteiger partial charge is 0.285 e. The van der Waals surface area contributed by atoms with Gasteiger partial charge in [0.1, 0.15) is 5.75 Å². The summed E-state index contributed by atoms with van der Waals surface area (Å²) < 4.78 is 32.3. The van der Waals surface area contributed by atoms with Gasteiger partial charge in [0, 0.05) is 18.6 Å². The van der Waals surface area contributed by atoms with E-state index in [1.807, 2.05) is 35.9 Å². The van der Waals surface area contributed by atoms with Crippen molar-refractivity contribution in [1.82, 2.24) is 0 Å². The second kappa shape index (κ2) is 5.01. The first-order valence-corrected chi connectivity index (χ1v) is 6.83. The highest BCUT2D eigenvalue weighted by atomic mass is 32.2. The van der Waals surface area contributed by atoms with Gasteiger partial charge in [0.15, 0.2) is 17.7 Å². The molecule has 0 radical (unpaired) electrons. The maximum atomic E-state index is 10.8. The Labute approximate surface area is 92.3 Å². The lowest BCUT2D eigenvalue weighted by molar-refractivity contribution is -0.701. The van der Waals surface area contributed by atoms with Crippen LogP contribution in [0.25, 0.3) is 0 Å². The molecule has 2 unspecified atom stereocenters. The lowest BCUT2D eigenvalue weighted by Gasteiger charge is -2.09. The first kappa shape index (κ1) is 12.6. The topological polar surface area (TPSA) is 58.3 Å². The van der Waals surface area contributed by atoms with Crippen LogP contribution in [0.1, 0.15) is 19.4 Å². The zero-order valence-electron chi connectivity index (χ0n) is 8.50. The third-order valence-electron chi connectivity index (χ3n) is 2.19. The SMILES string of the molecule is CCC(CS(=O)(=O)O)[n+]1ccccc1P. The summed E-state index contributed by atoms with van der Waals surface area (Å²) >= 11 is 0. The minimum absolute atomic E-state index is 0.228. The van der Waals surface area contributed by atoms with E-state index in [9.17, 15) is 8.42 Å². The van der Waals surface area contributed by atoms with Crippen LogP contribution in [-0.2, 0) is 10.1 Å². The minimum atomic E-state index is -3.93. The van der Waals surface area contributed by atoms with E-state index in [1.54, 1.807) is 0 Å². The van der Waals surface area contributed by atoms with Crippen molar-refractivity contribution in [2.75, 3.05) is 5.75 Å². The molecular formula is C9H15NO3PS+. The molecule has 0 aromatic carbocycles. The normalized spacial score (nSPS) is 13.8. The highest BCUT2D eigenvalue weighted by Gasteiger charge is 2.24. The maximum Gasteiger partial charge on any atom is 0.271 e. The van der Waals surface area contributed by atoms with Gasteiger partial charge in [-0.05, 0) is 15.3 Å². The number of hydrogen-bond acceptors (Lipinski definition) is 2. The summed E-state index contributed by atoms with van der Waals surface area (Å²) in [7, 11) is -1.39. The van der Waals surface area contributed by atoms with Gasteiger partial charge in [-0.3, -0.25) is 4.55 Å². The van der Waals surface area contributed by atoms with Gasteiger partial charge < -0.3 is 0 Å². The number of hydrogen-bond donors (Lipinski definition) is 1. The predicted octanol–water partition coefficient (Wildman–Crippen LogP) is 0.313. The van der Waals surface area contributed by atoms with Gasteiger partial charge in [0.2, 0.25) is 0 Å². The van der Waals surface area contributed by atoms with E-state index in [2.05, 4.69) is 9.24 Å². The fraction of sp³-hybridized carbons (Fsp3) is 0.444. The molecule has 0 saturated carbocycles. The van der Waals surface area contributed by atoms with Crippen LogP contribution in [0.15, 0.2) is 24.4 Å². The number of rotatable bonds is 4. The van der Waals surface area contributed by atoms with Gasteiger partial charge in [-0.2, -0.15) is 13.0 Å². The lowest BCUT2D eigenvalue weighted by Crippen LogP contribution is -2.51. The Balaban J connectivity index is 2.98. The second-order valence-electron chi connectivity index (χ2n) is 3.34. The molecule has 0 aliphatic carbocycles. The van der Waals surface area contributed by atoms with Crippen molar-refractivity contribution < 1.29 is 17.5 Å². The Kier molecular flexibility index (Phi) is 4.20. The molecule has 0 saturated heterocycles. The fourth-order valence-electron chi connectivity index (χ4n) is 1.44. The fourth-order valence-corrected chi connectivity index (χ4v) is 2.73. The molecule has 1 aromatic heterocycles. The molecule has 4 nitrogen and oxygen atoms in total. The van der Waals surface area contributed by atoms with Crippen molar-refractivity contribution >= 4 is 24.8 Å². The van der Waals surface area contributed by atoms with Crippen LogP contribution in [0.2, 0.25) is 0 Å². The zero-order valence-corrected chi connectivity index (χ0v) is 10.5. The molecule has 0 fully saturated rings. The molecule has 2 atom stereocenters. The molecule has 1 rings (SSSR count). The molecule has 1 N–H and O–H groups in total. The first-order chi connectivity index (χ1) is 6.94. The summed E-state index contributed by atoms with van der Waals surface area (Å²) in [6.45, 7) is 1.89. The molecule has 0 amide bonds. The van der Waals surface area contributed by atoms with E-state index in [4.69, 9.17) is 4.55 Å². The number of nitrogens with zero attached hydrogens (tertiary/aromatic N) is 1. The van der Waals surface area contributed by atoms with E-state index in [1.165, 1.54) is 0 Å². The summed E-state index contributed by atoms with van der Waals surface area (Å²) in [6, 6.07) is 5.35. The molecule has 84 valence electrons. The van der Waals surface area contributed by atoms with Crippen LogP contribution in [0.4, 0.5) is 0 Å². The van der Waals surface area contributed by atoms with E-state index in [0.29, 0.717) is 6.42 Å². The standard InChI is InChI=1S/C9H14NO3PS/c1-2-8(7-15(11,12)13)10-6-4-3-5-9(10)14/h3-6,8H,2,7,14H2,1H3/p+1. The van der Waals surface area contributed by atoms with Gasteiger partial charge in [-0.25, -0.2) is 0 Å². The lowest BCUT2D eigenvalue weighted by atomic mass is 10.2. The quantitative estimate of drug-likeness (QED) is 0.474. The smallest absolute Gasteiger partial charge is 0.271 e. The van der Waals surface area contributed by atoms with Gasteiger partial charge in [0.25, 0.3) is 10.1 Å². The zero-order chi connectivity index (χ0) is 11.5. The summed E-state index contributed by atoms with van der Waals surface area (Å²) in [6.07, 6.45) is 2.46. The monoisotopic (exact) mass is 248 g/mol. The third-order valence-corrected chi connectivity index (χ3v) is 3.49. The van der Waals surface area contributed by atoms with Crippen LogP contribution in [0, 0.1) is 0 Å². The van der Waals surface area contributed by atoms with Crippen LogP contribution in [0.5, 0.6) is 0 Å². The highest BCUT2D eigenvalue weighted by molar-refractivity contribution is 7.85. The van der Waals surface area contributed by atoms with E-state index >= 15 is 0 Å². The van der Waals surface area contributed by atoms with Gasteiger partial charge in [0.05, 0.1) is 0 Å². The van der Waals surface area contributed by atoms with Crippen molar-refractivity contribution in [3.63, 3.8) is 0 Å². The van der Waals surface area contributed by atoms with E-state index in [0.717, 1.165) is 5.44 Å². The Morgan fingerprint density at radius 1 is 1.53 bits per heavy atom. The average molecular weight is 248 g/mol. The van der Waals surface area contributed by atoms with Crippen LogP contribution in [0.3, 0.4) is 0 Å². The van der Waals surface area contributed by atoms with Crippen LogP contribution >= 0.6 is 9.24 Å².